The van der Waals surface area contributed by atoms with E-state index in [1.807, 2.05) is 12.1 Å². The highest BCUT2D eigenvalue weighted by Crippen LogP contribution is 2.16. The molecule has 116 valence electrons. The van der Waals surface area contributed by atoms with Gasteiger partial charge in [0.1, 0.15) is 0 Å². The molecule has 1 aliphatic rings. The van der Waals surface area contributed by atoms with Crippen LogP contribution in [0, 0.1) is 0 Å². The summed E-state index contributed by atoms with van der Waals surface area (Å²) in [6.07, 6.45) is 2.87. The van der Waals surface area contributed by atoms with Crippen LogP contribution in [0.4, 0.5) is 5.69 Å². The van der Waals surface area contributed by atoms with Gasteiger partial charge in [-0.3, -0.25) is 4.79 Å². The van der Waals surface area contributed by atoms with Gasteiger partial charge in [0.25, 0.3) is 0 Å². The second-order valence-electron chi connectivity index (χ2n) is 5.08. The van der Waals surface area contributed by atoms with Gasteiger partial charge in [-0.05, 0) is 37.1 Å². The van der Waals surface area contributed by atoms with Crippen LogP contribution in [0.1, 0.15) is 25.7 Å². The zero-order chi connectivity index (χ0) is 15.3. The average Bonchev–Trinajstić information content (AvgIpc) is 2.49. The van der Waals surface area contributed by atoms with Gasteiger partial charge in [0.2, 0.25) is 15.9 Å². The first-order valence-electron chi connectivity index (χ1n) is 7.01. The van der Waals surface area contributed by atoms with Gasteiger partial charge in [-0.25, -0.2) is 12.7 Å². The summed E-state index contributed by atoms with van der Waals surface area (Å²) >= 11 is 3.32. The van der Waals surface area contributed by atoms with Crippen molar-refractivity contribution in [1.82, 2.24) is 4.31 Å². The molecule has 1 amide bonds. The lowest BCUT2D eigenvalue weighted by atomic mass is 10.2. The lowest BCUT2D eigenvalue weighted by Crippen LogP contribution is -2.37. The molecule has 21 heavy (non-hydrogen) atoms. The van der Waals surface area contributed by atoms with Gasteiger partial charge >= 0.3 is 0 Å². The van der Waals surface area contributed by atoms with Crippen molar-refractivity contribution in [3.63, 3.8) is 0 Å². The number of anilines is 1. The van der Waals surface area contributed by atoms with Gasteiger partial charge in [-0.1, -0.05) is 22.4 Å². The molecular weight excluding hydrogens is 356 g/mol. The standard InChI is InChI=1S/C14H19BrN2O3S/c15-12-4-6-13(7-5-12)16-14(18)8-11-21(19,20)17-9-2-1-3-10-17/h4-7H,1-3,8-11H2,(H,16,18). The number of benzene rings is 1. The maximum absolute atomic E-state index is 12.1. The Hall–Kier alpha value is -0.920. The average molecular weight is 375 g/mol. The van der Waals surface area contributed by atoms with E-state index in [2.05, 4.69) is 21.2 Å². The Labute approximate surface area is 133 Å². The van der Waals surface area contributed by atoms with Crippen LogP contribution < -0.4 is 5.32 Å². The van der Waals surface area contributed by atoms with Crippen molar-refractivity contribution in [2.45, 2.75) is 25.7 Å². The number of carbonyl (C=O) groups excluding carboxylic acids is 1. The number of hydrogen-bond acceptors (Lipinski definition) is 3. The molecule has 2 rings (SSSR count). The fraction of sp³-hybridized carbons (Fsp3) is 0.500. The predicted octanol–water partition coefficient (Wildman–Crippen LogP) is 2.59. The molecule has 1 fully saturated rings. The number of halogens is 1. The molecule has 1 heterocycles. The molecule has 7 heteroatoms. The number of piperidine rings is 1. The van der Waals surface area contributed by atoms with Crippen molar-refractivity contribution in [3.8, 4) is 0 Å². The molecule has 0 radical (unpaired) electrons. The number of hydrogen-bond donors (Lipinski definition) is 1. The van der Waals surface area contributed by atoms with Gasteiger partial charge in [0.15, 0.2) is 0 Å². The Bertz CT molecular complexity index is 581. The van der Waals surface area contributed by atoms with Gasteiger partial charge in [-0.15, -0.1) is 0 Å². The molecule has 0 aromatic heterocycles. The van der Waals surface area contributed by atoms with Crippen molar-refractivity contribution >= 4 is 37.5 Å². The van der Waals surface area contributed by atoms with Gasteiger partial charge in [0, 0.05) is 29.7 Å². The van der Waals surface area contributed by atoms with E-state index >= 15 is 0 Å². The highest BCUT2D eigenvalue weighted by atomic mass is 79.9. The number of nitrogens with zero attached hydrogens (tertiary/aromatic N) is 1. The van der Waals surface area contributed by atoms with E-state index < -0.39 is 10.0 Å². The van der Waals surface area contributed by atoms with Crippen LogP contribution in [-0.4, -0.2) is 37.5 Å². The van der Waals surface area contributed by atoms with Crippen LogP contribution in [0.5, 0.6) is 0 Å². The lowest BCUT2D eigenvalue weighted by Gasteiger charge is -2.25. The third kappa shape index (κ3) is 5.09. The first kappa shape index (κ1) is 16.5. The number of carbonyl (C=O) groups is 1. The summed E-state index contributed by atoms with van der Waals surface area (Å²) in [5.74, 6) is -0.409. The molecular formula is C14H19BrN2O3S. The van der Waals surface area contributed by atoms with Gasteiger partial charge in [-0.2, -0.15) is 0 Å². The molecule has 0 saturated carbocycles. The first-order chi connectivity index (χ1) is 9.97. The summed E-state index contributed by atoms with van der Waals surface area (Å²) in [7, 11) is -3.31. The Morgan fingerprint density at radius 1 is 1.14 bits per heavy atom. The molecule has 1 aromatic rings. The largest absolute Gasteiger partial charge is 0.326 e. The van der Waals surface area contributed by atoms with E-state index in [1.54, 1.807) is 12.1 Å². The number of amides is 1. The van der Waals surface area contributed by atoms with Crippen LogP contribution in [0.3, 0.4) is 0 Å². The number of sulfonamides is 1. The highest BCUT2D eigenvalue weighted by molar-refractivity contribution is 9.10. The van der Waals surface area contributed by atoms with E-state index in [4.69, 9.17) is 0 Å². The monoisotopic (exact) mass is 374 g/mol. The minimum atomic E-state index is -3.31. The van der Waals surface area contributed by atoms with Crippen molar-refractivity contribution in [2.24, 2.45) is 0 Å². The summed E-state index contributed by atoms with van der Waals surface area (Å²) in [4.78, 5) is 11.8. The molecule has 0 spiro atoms. The van der Waals surface area contributed by atoms with Crippen molar-refractivity contribution in [3.05, 3.63) is 28.7 Å². The van der Waals surface area contributed by atoms with Crippen LogP contribution in [0.2, 0.25) is 0 Å². The quantitative estimate of drug-likeness (QED) is 0.860. The molecule has 1 aromatic carbocycles. The van der Waals surface area contributed by atoms with Crippen molar-refractivity contribution in [2.75, 3.05) is 24.2 Å². The smallest absolute Gasteiger partial charge is 0.225 e. The fourth-order valence-electron chi connectivity index (χ4n) is 2.25. The fourth-order valence-corrected chi connectivity index (χ4v) is 4.03. The molecule has 1 N–H and O–H groups in total. The maximum atomic E-state index is 12.1. The van der Waals surface area contributed by atoms with Crippen LogP contribution >= 0.6 is 15.9 Å². The summed E-state index contributed by atoms with van der Waals surface area (Å²) in [5, 5.41) is 2.70. The molecule has 1 aliphatic heterocycles. The topological polar surface area (TPSA) is 66.5 Å². The second-order valence-corrected chi connectivity index (χ2v) is 8.08. The van der Waals surface area contributed by atoms with Crippen LogP contribution in [0.25, 0.3) is 0 Å². The van der Waals surface area contributed by atoms with E-state index in [0.717, 1.165) is 23.7 Å². The minimum absolute atomic E-state index is 0.0190. The predicted molar refractivity (Wildman–Crippen MR) is 86.6 cm³/mol. The Morgan fingerprint density at radius 3 is 2.38 bits per heavy atom. The summed E-state index contributed by atoms with van der Waals surface area (Å²) in [6, 6.07) is 7.17. The summed E-state index contributed by atoms with van der Waals surface area (Å²) in [6.45, 7) is 1.16. The first-order valence-corrected chi connectivity index (χ1v) is 9.41. The van der Waals surface area contributed by atoms with Crippen molar-refractivity contribution < 1.29 is 13.2 Å². The zero-order valence-corrected chi connectivity index (χ0v) is 14.1. The maximum Gasteiger partial charge on any atom is 0.225 e. The van der Waals surface area contributed by atoms with E-state index in [0.29, 0.717) is 18.8 Å². The third-order valence-electron chi connectivity index (χ3n) is 3.42. The van der Waals surface area contributed by atoms with Crippen LogP contribution in [0.15, 0.2) is 28.7 Å². The molecule has 0 unspecified atom stereocenters. The highest BCUT2D eigenvalue weighted by Gasteiger charge is 2.24. The lowest BCUT2D eigenvalue weighted by molar-refractivity contribution is -0.115. The molecule has 1 saturated heterocycles. The Kier molecular flexibility index (Phi) is 5.78. The van der Waals surface area contributed by atoms with Crippen molar-refractivity contribution in [1.29, 1.82) is 0 Å². The van der Waals surface area contributed by atoms with E-state index in [-0.39, 0.29) is 18.1 Å². The molecule has 0 atom stereocenters. The van der Waals surface area contributed by atoms with Gasteiger partial charge < -0.3 is 5.32 Å². The Morgan fingerprint density at radius 2 is 1.76 bits per heavy atom. The SMILES string of the molecule is O=C(CCS(=O)(=O)N1CCCCC1)Nc1ccc(Br)cc1. The zero-order valence-electron chi connectivity index (χ0n) is 11.7. The second kappa shape index (κ2) is 7.38. The van der Waals surface area contributed by atoms with Gasteiger partial charge in [0.05, 0.1) is 5.75 Å². The normalized spacial score (nSPS) is 16.6. The number of rotatable bonds is 5. The third-order valence-corrected chi connectivity index (χ3v) is 5.82. The Balaban J connectivity index is 1.84. The van der Waals surface area contributed by atoms with E-state index in [9.17, 15) is 13.2 Å². The number of nitrogens with one attached hydrogen (secondary N) is 1. The summed E-state index contributed by atoms with van der Waals surface area (Å²) < 4.78 is 26.7. The minimum Gasteiger partial charge on any atom is -0.326 e. The molecule has 5 nitrogen and oxygen atoms in total. The van der Waals surface area contributed by atoms with E-state index in [1.165, 1.54) is 4.31 Å². The van der Waals surface area contributed by atoms with Crippen LogP contribution in [-0.2, 0) is 14.8 Å². The molecule has 0 aliphatic carbocycles. The summed E-state index contributed by atoms with van der Waals surface area (Å²) in [5.41, 5.74) is 0.665. The molecule has 0 bridgehead atoms.